The molecule has 2 aromatic heterocycles. The predicted octanol–water partition coefficient (Wildman–Crippen LogP) is 3.56. The summed E-state index contributed by atoms with van der Waals surface area (Å²) in [7, 11) is 1.88. The van der Waals surface area contributed by atoms with Gasteiger partial charge >= 0.3 is 0 Å². The van der Waals surface area contributed by atoms with E-state index >= 15 is 0 Å². The summed E-state index contributed by atoms with van der Waals surface area (Å²) < 4.78 is 2.73. The molecule has 1 amide bonds. The molecule has 0 fully saturated rings. The molecule has 1 aromatic carbocycles. The Morgan fingerprint density at radius 2 is 2.27 bits per heavy atom. The first kappa shape index (κ1) is 15.0. The number of nitrogens with zero attached hydrogens (tertiary/aromatic N) is 3. The van der Waals surface area contributed by atoms with Crippen LogP contribution in [0.1, 0.15) is 17.7 Å². The van der Waals surface area contributed by atoms with Crippen molar-refractivity contribution in [2.24, 2.45) is 7.05 Å². The van der Waals surface area contributed by atoms with Crippen LogP contribution >= 0.6 is 22.9 Å². The number of nitrogens with one attached hydrogen (secondary N) is 1. The number of anilines is 1. The van der Waals surface area contributed by atoms with Crippen molar-refractivity contribution in [3.63, 3.8) is 0 Å². The maximum absolute atomic E-state index is 12.0. The number of hydrogen-bond donors (Lipinski definition) is 1. The molecule has 1 N–H and O–H groups in total. The van der Waals surface area contributed by atoms with Crippen LogP contribution in [0.25, 0.3) is 10.2 Å². The number of carbonyl (C=O) groups is 1. The number of rotatable bonds is 4. The molecule has 0 saturated carbocycles. The van der Waals surface area contributed by atoms with Gasteiger partial charge in [-0.05, 0) is 37.1 Å². The van der Waals surface area contributed by atoms with Gasteiger partial charge < -0.3 is 5.32 Å². The third-order valence-corrected chi connectivity index (χ3v) is 4.50. The van der Waals surface area contributed by atoms with Crippen molar-refractivity contribution in [1.82, 2.24) is 14.8 Å². The maximum Gasteiger partial charge on any atom is 0.226 e. The Morgan fingerprint density at radius 1 is 1.45 bits per heavy atom. The van der Waals surface area contributed by atoms with Gasteiger partial charge in [-0.25, -0.2) is 4.98 Å². The van der Waals surface area contributed by atoms with Crippen molar-refractivity contribution in [3.05, 3.63) is 40.7 Å². The first-order chi connectivity index (χ1) is 10.5. The molecule has 0 aliphatic carbocycles. The first-order valence-corrected chi connectivity index (χ1v) is 8.06. The number of aromatic nitrogens is 3. The van der Waals surface area contributed by atoms with Crippen molar-refractivity contribution >= 4 is 44.2 Å². The third-order valence-electron chi connectivity index (χ3n) is 3.33. The van der Waals surface area contributed by atoms with E-state index in [-0.39, 0.29) is 5.91 Å². The van der Waals surface area contributed by atoms with Crippen LogP contribution in [0.4, 0.5) is 5.13 Å². The minimum absolute atomic E-state index is 0.0478. The predicted molar refractivity (Wildman–Crippen MR) is 89.5 cm³/mol. The average Bonchev–Trinajstić information content (AvgIpc) is 2.98. The zero-order valence-corrected chi connectivity index (χ0v) is 13.8. The van der Waals surface area contributed by atoms with E-state index in [4.69, 9.17) is 11.6 Å². The Morgan fingerprint density at radius 3 is 3.00 bits per heavy atom. The van der Waals surface area contributed by atoms with Crippen LogP contribution in [0, 0.1) is 6.92 Å². The van der Waals surface area contributed by atoms with E-state index in [1.807, 2.05) is 32.3 Å². The fraction of sp³-hybridized carbons (Fsp3) is 0.267. The molecule has 0 radical (unpaired) electrons. The van der Waals surface area contributed by atoms with E-state index in [1.54, 1.807) is 10.7 Å². The van der Waals surface area contributed by atoms with Gasteiger partial charge in [0.25, 0.3) is 0 Å². The smallest absolute Gasteiger partial charge is 0.226 e. The van der Waals surface area contributed by atoms with E-state index in [0.717, 1.165) is 21.5 Å². The second-order valence-electron chi connectivity index (χ2n) is 5.09. The highest BCUT2D eigenvalue weighted by molar-refractivity contribution is 7.22. The molecule has 0 aliphatic rings. The van der Waals surface area contributed by atoms with Gasteiger partial charge in [0.05, 0.1) is 15.9 Å². The Bertz CT molecular complexity index is 839. The SMILES string of the molecule is Cc1nn(C)cc1CCC(=O)Nc1nc2ccc(Cl)cc2s1. The van der Waals surface area contributed by atoms with Gasteiger partial charge in [0.1, 0.15) is 0 Å². The van der Waals surface area contributed by atoms with Crippen LogP contribution in [0.15, 0.2) is 24.4 Å². The first-order valence-electron chi connectivity index (χ1n) is 6.86. The van der Waals surface area contributed by atoms with Crippen molar-refractivity contribution in [2.75, 3.05) is 5.32 Å². The maximum atomic E-state index is 12.0. The Hall–Kier alpha value is -1.92. The molecule has 7 heteroatoms. The molecule has 0 atom stereocenters. The Kier molecular flexibility index (Phi) is 4.13. The lowest BCUT2D eigenvalue weighted by molar-refractivity contribution is -0.116. The summed E-state index contributed by atoms with van der Waals surface area (Å²) in [5.74, 6) is -0.0478. The van der Waals surface area contributed by atoms with Gasteiger partial charge in [0, 0.05) is 24.7 Å². The quantitative estimate of drug-likeness (QED) is 0.793. The molecular weight excluding hydrogens is 320 g/mol. The standard InChI is InChI=1S/C15H15ClN4OS/c1-9-10(8-20(2)19-9)3-6-14(21)18-15-17-12-5-4-11(16)7-13(12)22-15/h4-5,7-8H,3,6H2,1-2H3,(H,17,18,21). The molecule has 2 heterocycles. The zero-order chi connectivity index (χ0) is 15.7. The van der Waals surface area contributed by atoms with Crippen LogP contribution in [-0.4, -0.2) is 20.7 Å². The minimum Gasteiger partial charge on any atom is -0.302 e. The highest BCUT2D eigenvalue weighted by Gasteiger charge is 2.10. The summed E-state index contributed by atoms with van der Waals surface area (Å²) in [6.45, 7) is 1.95. The Balaban J connectivity index is 1.64. The lowest BCUT2D eigenvalue weighted by Gasteiger charge is -2.00. The van der Waals surface area contributed by atoms with E-state index in [9.17, 15) is 4.79 Å². The molecule has 0 unspecified atom stereocenters. The van der Waals surface area contributed by atoms with E-state index < -0.39 is 0 Å². The molecular formula is C15H15ClN4OS. The molecule has 22 heavy (non-hydrogen) atoms. The summed E-state index contributed by atoms with van der Waals surface area (Å²) in [5, 5.41) is 8.39. The average molecular weight is 335 g/mol. The van der Waals surface area contributed by atoms with E-state index in [2.05, 4.69) is 15.4 Å². The molecule has 114 valence electrons. The fourth-order valence-corrected chi connectivity index (χ4v) is 3.43. The normalized spacial score (nSPS) is 11.0. The molecule has 0 saturated heterocycles. The summed E-state index contributed by atoms with van der Waals surface area (Å²) in [6, 6.07) is 5.49. The zero-order valence-electron chi connectivity index (χ0n) is 12.3. The molecule has 3 rings (SSSR count). The van der Waals surface area contributed by atoms with Crippen molar-refractivity contribution in [2.45, 2.75) is 19.8 Å². The summed E-state index contributed by atoms with van der Waals surface area (Å²) in [5.41, 5.74) is 2.89. The lowest BCUT2D eigenvalue weighted by Crippen LogP contribution is -2.12. The molecule has 5 nitrogen and oxygen atoms in total. The third kappa shape index (κ3) is 3.28. The number of hydrogen-bond acceptors (Lipinski definition) is 4. The number of fused-ring (bicyclic) bond motifs is 1. The number of aryl methyl sites for hydroxylation is 3. The molecule has 0 aliphatic heterocycles. The van der Waals surface area contributed by atoms with Crippen molar-refractivity contribution in [1.29, 1.82) is 0 Å². The monoisotopic (exact) mass is 334 g/mol. The largest absolute Gasteiger partial charge is 0.302 e. The van der Waals surface area contributed by atoms with Gasteiger partial charge in [0.15, 0.2) is 5.13 Å². The van der Waals surface area contributed by atoms with Gasteiger partial charge in [-0.15, -0.1) is 0 Å². The number of amides is 1. The number of halogens is 1. The molecule has 3 aromatic rings. The molecule has 0 spiro atoms. The highest BCUT2D eigenvalue weighted by atomic mass is 35.5. The minimum atomic E-state index is -0.0478. The summed E-state index contributed by atoms with van der Waals surface area (Å²) >= 11 is 7.38. The van der Waals surface area contributed by atoms with E-state index in [1.165, 1.54) is 11.3 Å². The highest BCUT2D eigenvalue weighted by Crippen LogP contribution is 2.28. The summed E-state index contributed by atoms with van der Waals surface area (Å²) in [4.78, 5) is 16.4. The second-order valence-corrected chi connectivity index (χ2v) is 6.56. The fourth-order valence-electron chi connectivity index (χ4n) is 2.28. The Labute approximate surface area is 136 Å². The number of benzene rings is 1. The van der Waals surface area contributed by atoms with Crippen LogP contribution in [0.2, 0.25) is 5.02 Å². The number of thiazole rings is 1. The van der Waals surface area contributed by atoms with Crippen LogP contribution in [-0.2, 0) is 18.3 Å². The van der Waals surface area contributed by atoms with Crippen LogP contribution in [0.3, 0.4) is 0 Å². The van der Waals surface area contributed by atoms with Crippen molar-refractivity contribution in [3.8, 4) is 0 Å². The van der Waals surface area contributed by atoms with E-state index in [0.29, 0.717) is 23.0 Å². The van der Waals surface area contributed by atoms with Gasteiger partial charge in [-0.1, -0.05) is 22.9 Å². The van der Waals surface area contributed by atoms with Gasteiger partial charge in [-0.2, -0.15) is 5.10 Å². The second kappa shape index (κ2) is 6.06. The van der Waals surface area contributed by atoms with Crippen LogP contribution in [0.5, 0.6) is 0 Å². The number of carbonyl (C=O) groups excluding carboxylic acids is 1. The molecule has 0 bridgehead atoms. The van der Waals surface area contributed by atoms with Crippen LogP contribution < -0.4 is 5.32 Å². The van der Waals surface area contributed by atoms with Gasteiger partial charge in [-0.3, -0.25) is 9.48 Å². The summed E-state index contributed by atoms with van der Waals surface area (Å²) in [6.07, 6.45) is 3.02. The van der Waals surface area contributed by atoms with Crippen molar-refractivity contribution < 1.29 is 4.79 Å². The lowest BCUT2D eigenvalue weighted by atomic mass is 10.1. The topological polar surface area (TPSA) is 59.8 Å². The van der Waals surface area contributed by atoms with Gasteiger partial charge in [0.2, 0.25) is 5.91 Å².